The fourth-order valence-corrected chi connectivity index (χ4v) is 2.15. The van der Waals surface area contributed by atoms with Crippen molar-refractivity contribution >= 4 is 0 Å². The van der Waals surface area contributed by atoms with Crippen LogP contribution in [0.3, 0.4) is 0 Å². The van der Waals surface area contributed by atoms with Crippen LogP contribution in [0, 0.1) is 6.92 Å². The fourth-order valence-electron chi connectivity index (χ4n) is 2.15. The first-order valence-corrected chi connectivity index (χ1v) is 6.31. The molecule has 1 aromatic heterocycles. The quantitative estimate of drug-likeness (QED) is 0.797. The highest BCUT2D eigenvalue weighted by Crippen LogP contribution is 2.17. The number of nitrogens with zero attached hydrogens (tertiary/aromatic N) is 2. The Morgan fingerprint density at radius 3 is 2.71 bits per heavy atom. The Hall–Kier alpha value is -0.870. The molecule has 0 saturated carbocycles. The van der Waals surface area contributed by atoms with Crippen molar-refractivity contribution in [2.75, 3.05) is 6.54 Å². The van der Waals surface area contributed by atoms with E-state index in [1.54, 1.807) is 0 Å². The predicted octanol–water partition coefficient (Wildman–Crippen LogP) is 1.93. The molecule has 0 radical (unpaired) electrons. The van der Waals surface area contributed by atoms with Crippen molar-refractivity contribution in [1.29, 1.82) is 0 Å². The Bertz CT molecular complexity index is 358. The average molecular weight is 239 g/mol. The first-order valence-electron chi connectivity index (χ1n) is 6.31. The minimum Gasteiger partial charge on any atom is -0.389 e. The summed E-state index contributed by atoms with van der Waals surface area (Å²) in [6.45, 7) is 8.69. The Balaban J connectivity index is 2.55. The maximum absolute atomic E-state index is 10.1. The summed E-state index contributed by atoms with van der Waals surface area (Å²) >= 11 is 0. The van der Waals surface area contributed by atoms with E-state index in [0.29, 0.717) is 6.54 Å². The predicted molar refractivity (Wildman–Crippen MR) is 69.9 cm³/mol. The molecule has 1 rings (SSSR count). The molecule has 0 amide bonds. The highest BCUT2D eigenvalue weighted by Gasteiger charge is 2.20. The van der Waals surface area contributed by atoms with Crippen LogP contribution in [0.2, 0.25) is 0 Å². The van der Waals surface area contributed by atoms with Crippen LogP contribution in [-0.4, -0.2) is 27.0 Å². The van der Waals surface area contributed by atoms with Gasteiger partial charge in [0.2, 0.25) is 0 Å². The molecular weight excluding hydrogens is 214 g/mol. The van der Waals surface area contributed by atoms with Gasteiger partial charge in [-0.05, 0) is 27.2 Å². The average Bonchev–Trinajstić information content (AvgIpc) is 2.54. The molecule has 0 aliphatic carbocycles. The molecule has 0 aromatic carbocycles. The highest BCUT2D eigenvalue weighted by atomic mass is 16.3. The standard InChI is InChI=1S/C13H25N3O/c1-6-7-13(4,17)9-14-10(2)12-8-16(5)15-11(12)3/h8,10,14,17H,6-7,9H2,1-5H3. The molecule has 0 aliphatic heterocycles. The van der Waals surface area contributed by atoms with Crippen LogP contribution in [0.1, 0.15) is 50.9 Å². The summed E-state index contributed by atoms with van der Waals surface area (Å²) in [6, 6.07) is 0.215. The number of rotatable bonds is 6. The summed E-state index contributed by atoms with van der Waals surface area (Å²) in [5.74, 6) is 0. The molecule has 1 heterocycles. The van der Waals surface area contributed by atoms with Crippen molar-refractivity contribution < 1.29 is 5.11 Å². The topological polar surface area (TPSA) is 50.1 Å². The molecule has 1 aromatic rings. The van der Waals surface area contributed by atoms with Gasteiger partial charge in [0.1, 0.15) is 0 Å². The second-order valence-electron chi connectivity index (χ2n) is 5.19. The smallest absolute Gasteiger partial charge is 0.0743 e. The van der Waals surface area contributed by atoms with E-state index in [1.807, 2.05) is 31.8 Å². The zero-order valence-electron chi connectivity index (χ0n) is 11.6. The van der Waals surface area contributed by atoms with Gasteiger partial charge in [0, 0.05) is 31.4 Å². The van der Waals surface area contributed by atoms with Crippen molar-refractivity contribution in [3.8, 4) is 0 Å². The molecule has 0 bridgehead atoms. The number of hydrogen-bond donors (Lipinski definition) is 2. The van der Waals surface area contributed by atoms with Gasteiger partial charge >= 0.3 is 0 Å². The van der Waals surface area contributed by atoms with Gasteiger partial charge in [-0.1, -0.05) is 13.3 Å². The molecule has 98 valence electrons. The minimum absolute atomic E-state index is 0.215. The van der Waals surface area contributed by atoms with Crippen molar-refractivity contribution in [3.05, 3.63) is 17.5 Å². The van der Waals surface area contributed by atoms with E-state index in [2.05, 4.69) is 24.3 Å². The van der Waals surface area contributed by atoms with Crippen LogP contribution >= 0.6 is 0 Å². The lowest BCUT2D eigenvalue weighted by Gasteiger charge is -2.25. The molecule has 2 atom stereocenters. The van der Waals surface area contributed by atoms with E-state index in [4.69, 9.17) is 0 Å². The lowest BCUT2D eigenvalue weighted by molar-refractivity contribution is 0.0476. The summed E-state index contributed by atoms with van der Waals surface area (Å²) in [5.41, 5.74) is 1.61. The minimum atomic E-state index is -0.626. The maximum Gasteiger partial charge on any atom is 0.0743 e. The molecular formula is C13H25N3O. The third-order valence-corrected chi connectivity index (χ3v) is 3.10. The van der Waals surface area contributed by atoms with Crippen molar-refractivity contribution in [2.24, 2.45) is 7.05 Å². The fraction of sp³-hybridized carbons (Fsp3) is 0.769. The van der Waals surface area contributed by atoms with E-state index in [9.17, 15) is 5.11 Å². The normalized spacial score (nSPS) is 16.8. The van der Waals surface area contributed by atoms with Gasteiger partial charge in [0.05, 0.1) is 11.3 Å². The SMILES string of the molecule is CCCC(C)(O)CNC(C)c1cn(C)nc1C. The van der Waals surface area contributed by atoms with Gasteiger partial charge in [-0.15, -0.1) is 0 Å². The van der Waals surface area contributed by atoms with Crippen molar-refractivity contribution in [2.45, 2.75) is 52.2 Å². The van der Waals surface area contributed by atoms with E-state index in [0.717, 1.165) is 18.5 Å². The molecule has 2 N–H and O–H groups in total. The number of hydrogen-bond acceptors (Lipinski definition) is 3. The molecule has 17 heavy (non-hydrogen) atoms. The summed E-state index contributed by atoms with van der Waals surface area (Å²) in [6.07, 6.45) is 3.84. The van der Waals surface area contributed by atoms with E-state index in [-0.39, 0.29) is 6.04 Å². The molecule has 2 unspecified atom stereocenters. The lowest BCUT2D eigenvalue weighted by Crippen LogP contribution is -2.38. The highest BCUT2D eigenvalue weighted by molar-refractivity contribution is 5.19. The third kappa shape index (κ3) is 4.13. The van der Waals surface area contributed by atoms with E-state index in [1.165, 1.54) is 5.56 Å². The van der Waals surface area contributed by atoms with Gasteiger partial charge < -0.3 is 10.4 Å². The van der Waals surface area contributed by atoms with Crippen molar-refractivity contribution in [1.82, 2.24) is 15.1 Å². The van der Waals surface area contributed by atoms with E-state index >= 15 is 0 Å². The Morgan fingerprint density at radius 1 is 1.59 bits per heavy atom. The van der Waals surface area contributed by atoms with Crippen molar-refractivity contribution in [3.63, 3.8) is 0 Å². The van der Waals surface area contributed by atoms with Crippen LogP contribution in [0.4, 0.5) is 0 Å². The van der Waals surface area contributed by atoms with Crippen LogP contribution in [0.15, 0.2) is 6.20 Å². The maximum atomic E-state index is 10.1. The zero-order chi connectivity index (χ0) is 13.1. The molecule has 0 saturated heterocycles. The Morgan fingerprint density at radius 2 is 2.24 bits per heavy atom. The van der Waals surface area contributed by atoms with Gasteiger partial charge in [-0.25, -0.2) is 0 Å². The zero-order valence-corrected chi connectivity index (χ0v) is 11.6. The third-order valence-electron chi connectivity index (χ3n) is 3.10. The summed E-state index contributed by atoms with van der Waals surface area (Å²) in [4.78, 5) is 0. The molecule has 0 fully saturated rings. The first kappa shape index (κ1) is 14.2. The number of aryl methyl sites for hydroxylation is 2. The molecule has 4 nitrogen and oxygen atoms in total. The van der Waals surface area contributed by atoms with Crippen LogP contribution in [-0.2, 0) is 7.05 Å². The summed E-state index contributed by atoms with van der Waals surface area (Å²) < 4.78 is 1.83. The lowest BCUT2D eigenvalue weighted by atomic mass is 10.00. The summed E-state index contributed by atoms with van der Waals surface area (Å²) in [5, 5.41) is 17.8. The van der Waals surface area contributed by atoms with Gasteiger partial charge in [0.25, 0.3) is 0 Å². The Labute approximate surface area is 104 Å². The van der Waals surface area contributed by atoms with Gasteiger partial charge in [0.15, 0.2) is 0 Å². The molecule has 0 spiro atoms. The number of nitrogens with one attached hydrogen (secondary N) is 1. The molecule has 0 aliphatic rings. The van der Waals surface area contributed by atoms with Gasteiger partial charge in [-0.2, -0.15) is 5.10 Å². The van der Waals surface area contributed by atoms with E-state index < -0.39 is 5.60 Å². The van der Waals surface area contributed by atoms with Crippen LogP contribution in [0.25, 0.3) is 0 Å². The second-order valence-corrected chi connectivity index (χ2v) is 5.19. The van der Waals surface area contributed by atoms with Crippen LogP contribution in [0.5, 0.6) is 0 Å². The number of aliphatic hydroxyl groups is 1. The Kier molecular flexibility index (Phi) is 4.71. The molecule has 4 heteroatoms. The largest absolute Gasteiger partial charge is 0.389 e. The van der Waals surface area contributed by atoms with Crippen LogP contribution < -0.4 is 5.32 Å². The second kappa shape index (κ2) is 5.65. The first-order chi connectivity index (χ1) is 7.85. The number of aromatic nitrogens is 2. The monoisotopic (exact) mass is 239 g/mol. The summed E-state index contributed by atoms with van der Waals surface area (Å²) in [7, 11) is 1.93. The van der Waals surface area contributed by atoms with Gasteiger partial charge in [-0.3, -0.25) is 4.68 Å².